The summed E-state index contributed by atoms with van der Waals surface area (Å²) in [5, 5.41) is 3.23. The van der Waals surface area contributed by atoms with Gasteiger partial charge in [0.25, 0.3) is 5.91 Å². The topological polar surface area (TPSA) is 45.2 Å². The normalized spacial score (nSPS) is 10.2. The molecule has 1 heterocycles. The van der Waals surface area contributed by atoms with E-state index in [1.165, 1.54) is 4.90 Å². The molecule has 0 saturated heterocycles. The van der Waals surface area contributed by atoms with Crippen molar-refractivity contribution in [2.45, 2.75) is 6.54 Å². The molecular weight excluding hydrogens is 318 g/mol. The first-order chi connectivity index (χ1) is 9.56. The Balaban J connectivity index is 1.99. The molecule has 0 unspecified atom stereocenters. The molecule has 1 aromatic carbocycles. The van der Waals surface area contributed by atoms with Crippen molar-refractivity contribution in [3.8, 4) is 0 Å². The second kappa shape index (κ2) is 6.52. The van der Waals surface area contributed by atoms with Crippen LogP contribution >= 0.6 is 15.9 Å². The lowest BCUT2D eigenvalue weighted by atomic mass is 10.2. The van der Waals surface area contributed by atoms with Crippen molar-refractivity contribution >= 4 is 27.7 Å². The fourth-order valence-electron chi connectivity index (χ4n) is 1.72. The number of aromatic nitrogens is 1. The number of anilines is 1. The zero-order valence-electron chi connectivity index (χ0n) is 11.4. The highest BCUT2D eigenvalue weighted by molar-refractivity contribution is 9.10. The average molecular weight is 334 g/mol. The van der Waals surface area contributed by atoms with Crippen molar-refractivity contribution in [1.29, 1.82) is 0 Å². The molecule has 0 aliphatic rings. The molecule has 0 saturated carbocycles. The summed E-state index contributed by atoms with van der Waals surface area (Å²) in [4.78, 5) is 17.5. The third-order valence-electron chi connectivity index (χ3n) is 2.78. The molecule has 5 heteroatoms. The number of carbonyl (C=O) groups excluding carboxylic acids is 1. The lowest BCUT2D eigenvalue weighted by Gasteiger charge is -2.10. The molecule has 104 valence electrons. The highest BCUT2D eigenvalue weighted by atomic mass is 79.9. The van der Waals surface area contributed by atoms with Crippen LogP contribution in [0.5, 0.6) is 0 Å². The predicted octanol–water partition coefficient (Wildman–Crippen LogP) is 3.16. The number of hydrogen-bond acceptors (Lipinski definition) is 3. The molecule has 1 aromatic heterocycles. The monoisotopic (exact) mass is 333 g/mol. The van der Waals surface area contributed by atoms with Crippen LogP contribution in [0.2, 0.25) is 0 Å². The summed E-state index contributed by atoms with van der Waals surface area (Å²) >= 11 is 3.44. The minimum atomic E-state index is -0.0453. The van der Waals surface area contributed by atoms with Gasteiger partial charge in [0.15, 0.2) is 0 Å². The van der Waals surface area contributed by atoms with Crippen LogP contribution in [-0.2, 0) is 6.54 Å². The zero-order chi connectivity index (χ0) is 14.5. The summed E-state index contributed by atoms with van der Waals surface area (Å²) < 4.78 is 1.05. The lowest BCUT2D eigenvalue weighted by molar-refractivity contribution is 0.0827. The number of benzene rings is 1. The van der Waals surface area contributed by atoms with Crippen LogP contribution in [0, 0.1) is 0 Å². The second-order valence-corrected chi connectivity index (χ2v) is 5.53. The van der Waals surface area contributed by atoms with Crippen LogP contribution in [0.15, 0.2) is 47.1 Å². The van der Waals surface area contributed by atoms with Crippen molar-refractivity contribution in [2.75, 3.05) is 19.4 Å². The molecular formula is C15H16BrN3O. The van der Waals surface area contributed by atoms with Gasteiger partial charge >= 0.3 is 0 Å². The van der Waals surface area contributed by atoms with Crippen LogP contribution < -0.4 is 5.32 Å². The summed E-state index contributed by atoms with van der Waals surface area (Å²) in [7, 11) is 3.45. The van der Waals surface area contributed by atoms with Gasteiger partial charge in [-0.3, -0.25) is 4.79 Å². The number of halogens is 1. The maximum absolute atomic E-state index is 11.7. The Morgan fingerprint density at radius 1 is 1.30 bits per heavy atom. The van der Waals surface area contributed by atoms with E-state index in [9.17, 15) is 4.79 Å². The molecule has 20 heavy (non-hydrogen) atoms. The van der Waals surface area contributed by atoms with E-state index in [0.29, 0.717) is 12.1 Å². The molecule has 0 radical (unpaired) electrons. The summed E-state index contributed by atoms with van der Waals surface area (Å²) in [6.07, 6.45) is 1.59. The van der Waals surface area contributed by atoms with Crippen LogP contribution in [0.3, 0.4) is 0 Å². The van der Waals surface area contributed by atoms with Gasteiger partial charge in [-0.2, -0.15) is 0 Å². The van der Waals surface area contributed by atoms with Crippen molar-refractivity contribution in [2.24, 2.45) is 0 Å². The Hall–Kier alpha value is -1.88. The van der Waals surface area contributed by atoms with Crippen LogP contribution in [0.1, 0.15) is 15.9 Å². The van der Waals surface area contributed by atoms with Crippen LogP contribution in [-0.4, -0.2) is 29.9 Å². The highest BCUT2D eigenvalue weighted by Gasteiger charge is 2.07. The molecule has 0 aliphatic heterocycles. The van der Waals surface area contributed by atoms with E-state index in [1.54, 1.807) is 26.4 Å². The van der Waals surface area contributed by atoms with Gasteiger partial charge in [0.05, 0.1) is 5.56 Å². The van der Waals surface area contributed by atoms with Crippen molar-refractivity contribution in [1.82, 2.24) is 9.88 Å². The maximum atomic E-state index is 11.7. The molecule has 1 amide bonds. The van der Waals surface area contributed by atoms with Crippen molar-refractivity contribution in [3.05, 3.63) is 58.2 Å². The fourth-order valence-corrected chi connectivity index (χ4v) is 2.17. The highest BCUT2D eigenvalue weighted by Crippen LogP contribution is 2.13. The molecule has 0 spiro atoms. The Bertz CT molecular complexity index is 596. The number of carbonyl (C=O) groups is 1. The molecule has 4 nitrogen and oxygen atoms in total. The fraction of sp³-hybridized carbons (Fsp3) is 0.200. The molecule has 0 bridgehead atoms. The summed E-state index contributed by atoms with van der Waals surface area (Å²) in [6, 6.07) is 11.7. The zero-order valence-corrected chi connectivity index (χ0v) is 13.0. The smallest absolute Gasteiger partial charge is 0.254 e. The van der Waals surface area contributed by atoms with Gasteiger partial charge in [-0.25, -0.2) is 4.98 Å². The number of amides is 1. The first-order valence-corrected chi connectivity index (χ1v) is 7.01. The first-order valence-electron chi connectivity index (χ1n) is 6.22. The van der Waals surface area contributed by atoms with Gasteiger partial charge in [0, 0.05) is 31.3 Å². The van der Waals surface area contributed by atoms with Gasteiger partial charge in [0.1, 0.15) is 5.82 Å². The third kappa shape index (κ3) is 3.81. The maximum Gasteiger partial charge on any atom is 0.254 e. The Morgan fingerprint density at radius 2 is 2.10 bits per heavy atom. The van der Waals surface area contributed by atoms with Crippen molar-refractivity contribution in [3.63, 3.8) is 0 Å². The lowest BCUT2D eigenvalue weighted by Crippen LogP contribution is -2.21. The van der Waals surface area contributed by atoms with E-state index in [-0.39, 0.29) is 5.91 Å². The number of hydrogen-bond donors (Lipinski definition) is 1. The molecule has 0 atom stereocenters. The average Bonchev–Trinajstić information content (AvgIpc) is 2.45. The number of nitrogens with zero attached hydrogens (tertiary/aromatic N) is 2. The first kappa shape index (κ1) is 14.5. The molecule has 0 fully saturated rings. The van der Waals surface area contributed by atoms with E-state index in [2.05, 4.69) is 32.3 Å². The van der Waals surface area contributed by atoms with Gasteiger partial charge in [-0.05, 0) is 29.8 Å². The van der Waals surface area contributed by atoms with Gasteiger partial charge < -0.3 is 10.2 Å². The molecule has 2 rings (SSSR count). The van der Waals surface area contributed by atoms with E-state index in [1.807, 2.05) is 24.3 Å². The van der Waals surface area contributed by atoms with E-state index in [4.69, 9.17) is 0 Å². The van der Waals surface area contributed by atoms with Crippen molar-refractivity contribution < 1.29 is 4.79 Å². The quantitative estimate of drug-likeness (QED) is 0.934. The Morgan fingerprint density at radius 3 is 2.70 bits per heavy atom. The third-order valence-corrected chi connectivity index (χ3v) is 3.27. The minimum absolute atomic E-state index is 0.0453. The van der Waals surface area contributed by atoms with Crippen LogP contribution in [0.4, 0.5) is 5.82 Å². The van der Waals surface area contributed by atoms with Gasteiger partial charge in [-0.1, -0.05) is 28.1 Å². The van der Waals surface area contributed by atoms with E-state index >= 15 is 0 Å². The Kier molecular flexibility index (Phi) is 4.74. The summed E-state index contributed by atoms with van der Waals surface area (Å²) in [5.74, 6) is 0.705. The summed E-state index contributed by atoms with van der Waals surface area (Å²) in [6.45, 7) is 0.688. The number of pyridine rings is 1. The number of rotatable bonds is 4. The van der Waals surface area contributed by atoms with Gasteiger partial charge in [0.2, 0.25) is 0 Å². The van der Waals surface area contributed by atoms with E-state index < -0.39 is 0 Å². The summed E-state index contributed by atoms with van der Waals surface area (Å²) in [5.41, 5.74) is 1.75. The second-order valence-electron chi connectivity index (χ2n) is 4.62. The number of nitrogens with one attached hydrogen (secondary N) is 1. The van der Waals surface area contributed by atoms with E-state index in [0.717, 1.165) is 15.9 Å². The largest absolute Gasteiger partial charge is 0.366 e. The SMILES string of the molecule is CN(C)C(=O)c1ccc(NCc2cccc(Br)c2)nc1. The minimum Gasteiger partial charge on any atom is -0.366 e. The standard InChI is InChI=1S/C15H16BrN3O/c1-19(2)15(20)12-6-7-14(18-10-12)17-9-11-4-3-5-13(16)8-11/h3-8,10H,9H2,1-2H3,(H,17,18). The predicted molar refractivity (Wildman–Crippen MR) is 83.7 cm³/mol. The van der Waals surface area contributed by atoms with Crippen LogP contribution in [0.25, 0.3) is 0 Å². The molecule has 1 N–H and O–H groups in total. The molecule has 0 aliphatic carbocycles. The van der Waals surface area contributed by atoms with Gasteiger partial charge in [-0.15, -0.1) is 0 Å². The molecule has 2 aromatic rings. The Labute approximate surface area is 127 Å².